The average Bonchev–Trinajstić information content (AvgIpc) is 3.14. The van der Waals surface area contributed by atoms with E-state index in [0.29, 0.717) is 5.95 Å². The maximum Gasteiger partial charge on any atom is 0.245 e. The molecule has 0 saturated carbocycles. The summed E-state index contributed by atoms with van der Waals surface area (Å²) in [6.45, 7) is 2.56. The van der Waals surface area contributed by atoms with Gasteiger partial charge in [0.25, 0.3) is 0 Å². The van der Waals surface area contributed by atoms with Crippen LogP contribution >= 0.6 is 0 Å². The Kier molecular flexibility index (Phi) is 6.47. The molecule has 5 rings (SSSR count). The van der Waals surface area contributed by atoms with E-state index in [-0.39, 0.29) is 12.5 Å². The first-order chi connectivity index (χ1) is 17.0. The highest BCUT2D eigenvalue weighted by atomic mass is 32.2. The number of rotatable bonds is 6. The van der Waals surface area contributed by atoms with Crippen LogP contribution in [0, 0.1) is 0 Å². The Hall–Kier alpha value is -3.76. The van der Waals surface area contributed by atoms with Gasteiger partial charge >= 0.3 is 0 Å². The minimum Gasteiger partial charge on any atom is -0.323 e. The summed E-state index contributed by atoms with van der Waals surface area (Å²) in [5.41, 5.74) is 6.38. The van der Waals surface area contributed by atoms with Gasteiger partial charge in [-0.15, -0.1) is 5.10 Å². The average molecular weight is 491 g/mol. The number of carbonyl (C=O) groups is 1. The van der Waals surface area contributed by atoms with E-state index in [0.717, 1.165) is 59.5 Å². The van der Waals surface area contributed by atoms with E-state index >= 15 is 0 Å². The number of carbonyl (C=O) groups excluding carboxylic acids is 1. The number of anilines is 3. The number of fused-ring (bicyclic) bond motifs is 2. The van der Waals surface area contributed by atoms with E-state index in [9.17, 15) is 13.2 Å². The van der Waals surface area contributed by atoms with Crippen molar-refractivity contribution in [2.45, 2.75) is 32.7 Å². The fraction of sp³-hybridized carbons (Fsp3) is 0.240. The summed E-state index contributed by atoms with van der Waals surface area (Å²) in [6.07, 6.45) is 4.75. The number of thiol groups is 1. The standard InChI is InChI=1S/C25H26N6O3S/c1-17(32)30-12-3-2-6-19-8-9-21(14-24(19)30)28-25-26-16-22-10-11-23(31(22)29-25)20-7-4-5-18(13-20)15-27-35(33)34/h4-5,7-11,13-14,16,35H,2-3,6,12,15H2,1H3,(H,28,29)(H,27,33,34). The van der Waals surface area contributed by atoms with Crippen LogP contribution in [0.25, 0.3) is 16.8 Å². The maximum absolute atomic E-state index is 12.2. The molecule has 2 N–H and O–H groups in total. The number of amides is 1. The molecule has 1 aliphatic rings. The van der Waals surface area contributed by atoms with Crippen molar-refractivity contribution >= 4 is 39.6 Å². The molecule has 0 saturated heterocycles. The molecule has 3 heterocycles. The lowest BCUT2D eigenvalue weighted by Crippen LogP contribution is -2.29. The van der Waals surface area contributed by atoms with Crippen LogP contribution in [-0.2, 0) is 28.7 Å². The minimum absolute atomic E-state index is 0.0412. The van der Waals surface area contributed by atoms with Crippen molar-refractivity contribution in [2.24, 2.45) is 0 Å². The number of hydrogen-bond acceptors (Lipinski definition) is 6. The van der Waals surface area contributed by atoms with E-state index in [4.69, 9.17) is 5.10 Å². The van der Waals surface area contributed by atoms with E-state index in [1.165, 1.54) is 5.56 Å². The summed E-state index contributed by atoms with van der Waals surface area (Å²) in [5.74, 6) is 0.471. The summed E-state index contributed by atoms with van der Waals surface area (Å²) in [6, 6.07) is 17.6. The van der Waals surface area contributed by atoms with E-state index in [1.54, 1.807) is 17.6 Å². The van der Waals surface area contributed by atoms with Crippen LogP contribution in [0.1, 0.15) is 30.9 Å². The first-order valence-corrected chi connectivity index (χ1v) is 12.7. The van der Waals surface area contributed by atoms with Crippen molar-refractivity contribution in [3.8, 4) is 11.3 Å². The van der Waals surface area contributed by atoms with Gasteiger partial charge < -0.3 is 10.2 Å². The summed E-state index contributed by atoms with van der Waals surface area (Å²) < 4.78 is 26.0. The lowest BCUT2D eigenvalue weighted by atomic mass is 10.1. The molecule has 0 bridgehead atoms. The number of benzene rings is 2. The van der Waals surface area contributed by atoms with Gasteiger partial charge in [-0.1, -0.05) is 24.3 Å². The van der Waals surface area contributed by atoms with Gasteiger partial charge in [0.15, 0.2) is 0 Å². The number of aryl methyl sites for hydroxylation is 1. The predicted octanol–water partition coefficient (Wildman–Crippen LogP) is 3.45. The molecule has 4 aromatic rings. The normalized spacial score (nSPS) is 13.6. The van der Waals surface area contributed by atoms with Gasteiger partial charge in [0.05, 0.1) is 17.4 Å². The molecule has 0 aliphatic carbocycles. The zero-order valence-electron chi connectivity index (χ0n) is 19.3. The van der Waals surface area contributed by atoms with Crippen LogP contribution < -0.4 is 14.9 Å². The highest BCUT2D eigenvalue weighted by molar-refractivity contribution is 7.70. The van der Waals surface area contributed by atoms with Crippen molar-refractivity contribution < 1.29 is 13.2 Å². The lowest BCUT2D eigenvalue weighted by molar-refractivity contribution is -0.116. The second kappa shape index (κ2) is 9.85. The number of nitrogens with zero attached hydrogens (tertiary/aromatic N) is 4. The Morgan fingerprint density at radius 3 is 2.80 bits per heavy atom. The van der Waals surface area contributed by atoms with Crippen LogP contribution in [0.15, 0.2) is 60.8 Å². The van der Waals surface area contributed by atoms with Gasteiger partial charge in [0, 0.05) is 37.0 Å². The largest absolute Gasteiger partial charge is 0.323 e. The van der Waals surface area contributed by atoms with Crippen LogP contribution in [0.4, 0.5) is 17.3 Å². The van der Waals surface area contributed by atoms with Crippen LogP contribution in [0.5, 0.6) is 0 Å². The second-order valence-electron chi connectivity index (χ2n) is 8.53. The Labute approximate surface area is 204 Å². The van der Waals surface area contributed by atoms with E-state index < -0.39 is 10.9 Å². The first kappa shape index (κ1) is 23.0. The molecule has 0 unspecified atom stereocenters. The quantitative estimate of drug-likeness (QED) is 0.357. The summed E-state index contributed by atoms with van der Waals surface area (Å²) >= 11 is 0. The van der Waals surface area contributed by atoms with Gasteiger partial charge in [-0.2, -0.15) is 0 Å². The fourth-order valence-corrected chi connectivity index (χ4v) is 4.75. The Balaban J connectivity index is 1.45. The molecular formula is C25H26N6O3S. The molecule has 0 atom stereocenters. The molecule has 9 nitrogen and oxygen atoms in total. The first-order valence-electron chi connectivity index (χ1n) is 11.5. The monoisotopic (exact) mass is 490 g/mol. The third-order valence-corrected chi connectivity index (χ3v) is 6.54. The van der Waals surface area contributed by atoms with Crippen molar-refractivity contribution in [1.82, 2.24) is 19.3 Å². The molecule has 1 aliphatic heterocycles. The van der Waals surface area contributed by atoms with Crippen LogP contribution in [0.3, 0.4) is 0 Å². The Morgan fingerprint density at radius 1 is 1.09 bits per heavy atom. The Morgan fingerprint density at radius 2 is 1.97 bits per heavy atom. The van der Waals surface area contributed by atoms with Crippen LogP contribution in [0.2, 0.25) is 0 Å². The molecule has 35 heavy (non-hydrogen) atoms. The van der Waals surface area contributed by atoms with Gasteiger partial charge in [0.1, 0.15) is 0 Å². The molecule has 180 valence electrons. The van der Waals surface area contributed by atoms with Crippen LogP contribution in [-0.4, -0.2) is 35.5 Å². The number of nitrogens with one attached hydrogen (secondary N) is 2. The zero-order chi connectivity index (χ0) is 24.4. The number of aromatic nitrogens is 3. The molecule has 0 fully saturated rings. The van der Waals surface area contributed by atoms with Crippen molar-refractivity contribution in [3.63, 3.8) is 0 Å². The van der Waals surface area contributed by atoms with Gasteiger partial charge in [-0.3, -0.25) is 4.79 Å². The van der Waals surface area contributed by atoms with Gasteiger partial charge in [-0.25, -0.2) is 22.6 Å². The third-order valence-electron chi connectivity index (χ3n) is 6.12. The van der Waals surface area contributed by atoms with Crippen molar-refractivity contribution in [2.75, 3.05) is 16.8 Å². The number of hydrogen-bond donors (Lipinski definition) is 3. The minimum atomic E-state index is -2.65. The summed E-state index contributed by atoms with van der Waals surface area (Å²) in [4.78, 5) is 18.5. The van der Waals surface area contributed by atoms with Crippen molar-refractivity contribution in [3.05, 3.63) is 71.9 Å². The SMILES string of the molecule is CC(=O)N1CCCCc2ccc(Nc3ncc4ccc(-c5cccc(CN[SH](=O)=O)c5)n4n3)cc21. The predicted molar refractivity (Wildman–Crippen MR) is 136 cm³/mol. The third kappa shape index (κ3) is 5.03. The van der Waals surface area contributed by atoms with E-state index in [2.05, 4.69) is 21.1 Å². The Bertz CT molecular complexity index is 1470. The summed E-state index contributed by atoms with van der Waals surface area (Å²) in [5, 5.41) is 7.98. The molecule has 1 amide bonds. The molecule has 0 spiro atoms. The van der Waals surface area contributed by atoms with Crippen molar-refractivity contribution in [1.29, 1.82) is 0 Å². The summed E-state index contributed by atoms with van der Waals surface area (Å²) in [7, 11) is -2.65. The molecular weight excluding hydrogens is 464 g/mol. The van der Waals surface area contributed by atoms with Gasteiger partial charge in [-0.05, 0) is 60.7 Å². The lowest BCUT2D eigenvalue weighted by Gasteiger charge is -2.22. The van der Waals surface area contributed by atoms with E-state index in [1.807, 2.05) is 53.4 Å². The van der Waals surface area contributed by atoms with Gasteiger partial charge in [0.2, 0.25) is 22.7 Å². The molecule has 2 aromatic heterocycles. The fourth-order valence-electron chi connectivity index (χ4n) is 4.44. The highest BCUT2D eigenvalue weighted by Gasteiger charge is 2.19. The molecule has 0 radical (unpaired) electrons. The highest BCUT2D eigenvalue weighted by Crippen LogP contribution is 2.31. The molecule has 10 heteroatoms. The maximum atomic E-state index is 12.2. The smallest absolute Gasteiger partial charge is 0.245 e. The topological polar surface area (TPSA) is 109 Å². The zero-order valence-corrected chi connectivity index (χ0v) is 20.2. The second-order valence-corrected chi connectivity index (χ2v) is 9.36. The molecule has 2 aromatic carbocycles.